The van der Waals surface area contributed by atoms with Gasteiger partial charge in [-0.1, -0.05) is 6.42 Å². The van der Waals surface area contributed by atoms with Crippen LogP contribution in [-0.4, -0.2) is 12.8 Å². The number of hydrogen-bond acceptors (Lipinski definition) is 3. The molecule has 2 aliphatic carbocycles. The average molecular weight is 231 g/mol. The first-order valence-electron chi connectivity index (χ1n) is 6.55. The molecule has 2 fully saturated rings. The lowest BCUT2D eigenvalue weighted by atomic mass is 9.95. The predicted octanol–water partition coefficient (Wildman–Crippen LogP) is 3.02. The Balaban J connectivity index is 1.52. The van der Waals surface area contributed by atoms with Gasteiger partial charge >= 0.3 is 0 Å². The molecular weight excluding hydrogens is 214 g/mol. The van der Waals surface area contributed by atoms with Crippen LogP contribution in [0.15, 0.2) is 18.2 Å². The third-order valence-electron chi connectivity index (χ3n) is 4.46. The second-order valence-electron chi connectivity index (χ2n) is 5.49. The summed E-state index contributed by atoms with van der Waals surface area (Å²) in [5.41, 5.74) is 1.17. The zero-order valence-corrected chi connectivity index (χ0v) is 9.82. The largest absolute Gasteiger partial charge is 0.454 e. The Bertz CT molecular complexity index is 446. The maximum absolute atomic E-state index is 5.40. The number of nitrogens with one attached hydrogen (secondary N) is 1. The van der Waals surface area contributed by atoms with Crippen LogP contribution in [-0.2, 0) is 0 Å². The second kappa shape index (κ2) is 3.56. The Morgan fingerprint density at radius 3 is 2.82 bits per heavy atom. The third kappa shape index (κ3) is 1.56. The first kappa shape index (κ1) is 9.63. The summed E-state index contributed by atoms with van der Waals surface area (Å²) in [6.07, 6.45) is 5.64. The molecule has 4 rings (SSSR count). The van der Waals surface area contributed by atoms with Crippen molar-refractivity contribution in [2.45, 2.75) is 31.7 Å². The van der Waals surface area contributed by atoms with E-state index in [0.717, 1.165) is 23.3 Å². The number of anilines is 1. The quantitative estimate of drug-likeness (QED) is 0.848. The summed E-state index contributed by atoms with van der Waals surface area (Å²) in [7, 11) is 0. The molecule has 1 N–H and O–H groups in total. The van der Waals surface area contributed by atoms with E-state index in [-0.39, 0.29) is 0 Å². The molecule has 0 amide bonds. The first-order chi connectivity index (χ1) is 8.38. The van der Waals surface area contributed by atoms with Gasteiger partial charge in [0, 0.05) is 17.8 Å². The van der Waals surface area contributed by atoms with Crippen LogP contribution in [0.25, 0.3) is 0 Å². The van der Waals surface area contributed by atoms with E-state index in [1.54, 1.807) is 0 Å². The van der Waals surface area contributed by atoms with Gasteiger partial charge in [-0.15, -0.1) is 0 Å². The zero-order valence-electron chi connectivity index (χ0n) is 9.82. The molecular formula is C14H17NO2. The van der Waals surface area contributed by atoms with Crippen LogP contribution < -0.4 is 14.8 Å². The minimum Gasteiger partial charge on any atom is -0.454 e. The third-order valence-corrected chi connectivity index (χ3v) is 4.46. The maximum atomic E-state index is 5.40. The molecule has 17 heavy (non-hydrogen) atoms. The highest BCUT2D eigenvalue weighted by Crippen LogP contribution is 2.46. The fourth-order valence-corrected chi connectivity index (χ4v) is 3.62. The van der Waals surface area contributed by atoms with Crippen LogP contribution in [0.4, 0.5) is 5.69 Å². The average Bonchev–Trinajstić information content (AvgIpc) is 3.03. The van der Waals surface area contributed by atoms with Crippen LogP contribution in [0.2, 0.25) is 0 Å². The van der Waals surface area contributed by atoms with Crippen LogP contribution in [0.3, 0.4) is 0 Å². The van der Waals surface area contributed by atoms with Gasteiger partial charge in [0.05, 0.1) is 0 Å². The molecule has 0 unspecified atom stereocenters. The second-order valence-corrected chi connectivity index (χ2v) is 5.49. The van der Waals surface area contributed by atoms with Crippen LogP contribution in [0.1, 0.15) is 25.7 Å². The lowest BCUT2D eigenvalue weighted by Gasteiger charge is -2.24. The summed E-state index contributed by atoms with van der Waals surface area (Å²) >= 11 is 0. The number of rotatable bonds is 2. The minimum absolute atomic E-state index is 0.354. The fraction of sp³-hybridized carbons (Fsp3) is 0.571. The zero-order chi connectivity index (χ0) is 11.2. The van der Waals surface area contributed by atoms with Crippen molar-refractivity contribution in [3.05, 3.63) is 18.2 Å². The Kier molecular flexibility index (Phi) is 2.01. The highest BCUT2D eigenvalue weighted by Gasteiger charge is 2.39. The van der Waals surface area contributed by atoms with E-state index < -0.39 is 0 Å². The van der Waals surface area contributed by atoms with Crippen molar-refractivity contribution in [2.24, 2.45) is 11.8 Å². The summed E-state index contributed by atoms with van der Waals surface area (Å²) < 4.78 is 10.7. The van der Waals surface area contributed by atoms with Crippen LogP contribution in [0, 0.1) is 11.8 Å². The smallest absolute Gasteiger partial charge is 0.231 e. The van der Waals surface area contributed by atoms with Crippen molar-refractivity contribution in [3.63, 3.8) is 0 Å². The van der Waals surface area contributed by atoms with Gasteiger partial charge in [0.25, 0.3) is 0 Å². The highest BCUT2D eigenvalue weighted by atomic mass is 16.7. The standard InChI is InChI=1S/C14H17NO2/c1-2-10-5-9(1)6-12(10)15-11-3-4-13-14(7-11)17-8-16-13/h3-4,7,9-10,12,15H,1-2,5-6,8H2/t9-,10-,12-/m0/s1. The molecule has 2 saturated carbocycles. The van der Waals surface area contributed by atoms with E-state index in [2.05, 4.69) is 17.4 Å². The Morgan fingerprint density at radius 1 is 1.06 bits per heavy atom. The van der Waals surface area contributed by atoms with Gasteiger partial charge in [-0.25, -0.2) is 0 Å². The van der Waals surface area contributed by atoms with Crippen molar-refractivity contribution >= 4 is 5.69 Å². The van der Waals surface area contributed by atoms with E-state index in [1.165, 1.54) is 31.4 Å². The molecule has 0 radical (unpaired) electrons. The molecule has 1 aromatic rings. The monoisotopic (exact) mass is 231 g/mol. The van der Waals surface area contributed by atoms with Gasteiger partial charge in [-0.2, -0.15) is 0 Å². The van der Waals surface area contributed by atoms with Gasteiger partial charge in [0.1, 0.15) is 0 Å². The van der Waals surface area contributed by atoms with E-state index in [0.29, 0.717) is 12.8 Å². The van der Waals surface area contributed by atoms with Crippen LogP contribution >= 0.6 is 0 Å². The van der Waals surface area contributed by atoms with Gasteiger partial charge in [0.2, 0.25) is 6.79 Å². The summed E-state index contributed by atoms with van der Waals surface area (Å²) in [5.74, 6) is 3.61. The SMILES string of the molecule is c1cc2c(cc1N[C@H]1C[C@H]3CC[C@H]1C3)OCO2. The van der Waals surface area contributed by atoms with Crippen molar-refractivity contribution in [1.29, 1.82) is 0 Å². The van der Waals surface area contributed by atoms with Gasteiger partial charge in [-0.3, -0.25) is 0 Å². The molecule has 0 aromatic heterocycles. The molecule has 0 saturated heterocycles. The number of fused-ring (bicyclic) bond motifs is 3. The highest BCUT2D eigenvalue weighted by molar-refractivity contribution is 5.56. The molecule has 3 atom stereocenters. The lowest BCUT2D eigenvalue weighted by molar-refractivity contribution is 0.174. The van der Waals surface area contributed by atoms with Gasteiger partial charge < -0.3 is 14.8 Å². The Morgan fingerprint density at radius 2 is 2.00 bits per heavy atom. The Hall–Kier alpha value is -1.38. The topological polar surface area (TPSA) is 30.5 Å². The molecule has 2 bridgehead atoms. The summed E-state index contributed by atoms with van der Waals surface area (Å²) in [4.78, 5) is 0. The van der Waals surface area contributed by atoms with Gasteiger partial charge in [-0.05, 0) is 43.2 Å². The van der Waals surface area contributed by atoms with E-state index in [4.69, 9.17) is 9.47 Å². The molecule has 3 nitrogen and oxygen atoms in total. The predicted molar refractivity (Wildman–Crippen MR) is 65.4 cm³/mol. The molecule has 3 aliphatic rings. The maximum Gasteiger partial charge on any atom is 0.231 e. The van der Waals surface area contributed by atoms with E-state index in [9.17, 15) is 0 Å². The van der Waals surface area contributed by atoms with Crippen molar-refractivity contribution < 1.29 is 9.47 Å². The van der Waals surface area contributed by atoms with Gasteiger partial charge in [0.15, 0.2) is 11.5 Å². The minimum atomic E-state index is 0.354. The van der Waals surface area contributed by atoms with E-state index in [1.807, 2.05) is 6.07 Å². The van der Waals surface area contributed by atoms with E-state index >= 15 is 0 Å². The van der Waals surface area contributed by atoms with Crippen molar-refractivity contribution in [3.8, 4) is 11.5 Å². The fourth-order valence-electron chi connectivity index (χ4n) is 3.62. The summed E-state index contributed by atoms with van der Waals surface area (Å²) in [5, 5.41) is 3.67. The molecule has 3 heteroatoms. The molecule has 1 heterocycles. The number of hydrogen-bond donors (Lipinski definition) is 1. The number of ether oxygens (including phenoxy) is 2. The molecule has 90 valence electrons. The van der Waals surface area contributed by atoms with Crippen molar-refractivity contribution in [2.75, 3.05) is 12.1 Å². The first-order valence-corrected chi connectivity index (χ1v) is 6.55. The normalized spacial score (nSPS) is 33.1. The summed E-state index contributed by atoms with van der Waals surface area (Å²) in [6, 6.07) is 6.83. The number of benzene rings is 1. The van der Waals surface area contributed by atoms with Crippen molar-refractivity contribution in [1.82, 2.24) is 0 Å². The summed E-state index contributed by atoms with van der Waals surface area (Å²) in [6.45, 7) is 0.354. The van der Waals surface area contributed by atoms with Crippen LogP contribution in [0.5, 0.6) is 11.5 Å². The molecule has 0 spiro atoms. The molecule has 1 aromatic carbocycles. The molecule has 1 aliphatic heterocycles. The Labute approximate surface area is 101 Å². The lowest BCUT2D eigenvalue weighted by Crippen LogP contribution is -2.25.